The van der Waals surface area contributed by atoms with E-state index in [-0.39, 0.29) is 30.1 Å². The smallest absolute Gasteiger partial charge is 0.352 e. The number of halogens is 1. The third-order valence-corrected chi connectivity index (χ3v) is 5.99. The zero-order valence-electron chi connectivity index (χ0n) is 17.1. The van der Waals surface area contributed by atoms with Crippen molar-refractivity contribution in [3.05, 3.63) is 46.1 Å². The zero-order chi connectivity index (χ0) is 20.4. The summed E-state index contributed by atoms with van der Waals surface area (Å²) in [6.45, 7) is 2.91. The Balaban J connectivity index is 1.43. The fraction of sp³-hybridized carbons (Fsp3) is 0.545. The van der Waals surface area contributed by atoms with Crippen LogP contribution in [-0.4, -0.2) is 28.7 Å². The molecule has 29 heavy (non-hydrogen) atoms. The van der Waals surface area contributed by atoms with Gasteiger partial charge in [0.1, 0.15) is 12.4 Å². The zero-order valence-corrected chi connectivity index (χ0v) is 17.1. The van der Waals surface area contributed by atoms with Crippen molar-refractivity contribution in [2.45, 2.75) is 70.7 Å². The van der Waals surface area contributed by atoms with Gasteiger partial charge in [0, 0.05) is 25.7 Å². The molecule has 2 aromatic rings. The molecule has 1 atom stereocenters. The number of anilines is 1. The molecular formula is C22H28FN3O3. The van der Waals surface area contributed by atoms with E-state index >= 15 is 0 Å². The molecule has 2 heterocycles. The van der Waals surface area contributed by atoms with E-state index in [9.17, 15) is 9.18 Å². The molecule has 0 N–H and O–H groups in total. The minimum atomic E-state index is -0.385. The second kappa shape index (κ2) is 8.43. The van der Waals surface area contributed by atoms with Crippen molar-refractivity contribution in [3.8, 4) is 11.6 Å². The highest BCUT2D eigenvalue weighted by Crippen LogP contribution is 2.27. The molecule has 1 aliphatic carbocycles. The highest BCUT2D eigenvalue weighted by atomic mass is 19.1. The molecule has 7 heteroatoms. The molecule has 0 spiro atoms. The van der Waals surface area contributed by atoms with Crippen molar-refractivity contribution >= 4 is 5.82 Å². The van der Waals surface area contributed by atoms with Crippen LogP contribution in [0.25, 0.3) is 0 Å². The van der Waals surface area contributed by atoms with Gasteiger partial charge in [-0.2, -0.15) is 4.98 Å². The number of ether oxygens (including phenoxy) is 2. The standard InChI is InChI=1S/C22H28FN3O3/c1-15-10-11-26-21(25(15)2)13-20(24-22(26)27)28-14-16-8-9-19(18(23)12-16)29-17-6-4-3-5-7-17/h8-9,12-13,15,17H,3-7,10-11,14H2,1-2H3/t15-/m1/s1. The van der Waals surface area contributed by atoms with E-state index in [1.54, 1.807) is 22.8 Å². The highest BCUT2D eigenvalue weighted by molar-refractivity contribution is 5.44. The van der Waals surface area contributed by atoms with Crippen LogP contribution in [0.4, 0.5) is 10.2 Å². The summed E-state index contributed by atoms with van der Waals surface area (Å²) < 4.78 is 27.6. The van der Waals surface area contributed by atoms with Gasteiger partial charge in [0.05, 0.1) is 6.10 Å². The van der Waals surface area contributed by atoms with Crippen LogP contribution < -0.4 is 20.1 Å². The Morgan fingerprint density at radius 1 is 1.17 bits per heavy atom. The van der Waals surface area contributed by atoms with E-state index in [0.29, 0.717) is 23.9 Å². The SMILES string of the molecule is C[C@@H]1CCn2c(cc(OCc3ccc(OC4CCCCC4)c(F)c3)nc2=O)N1C. The van der Waals surface area contributed by atoms with E-state index in [2.05, 4.69) is 16.8 Å². The van der Waals surface area contributed by atoms with Crippen LogP contribution >= 0.6 is 0 Å². The normalized spacial score (nSPS) is 19.7. The molecule has 1 fully saturated rings. The topological polar surface area (TPSA) is 56.6 Å². The summed E-state index contributed by atoms with van der Waals surface area (Å²) in [5.41, 5.74) is 0.346. The van der Waals surface area contributed by atoms with Crippen molar-refractivity contribution in [2.75, 3.05) is 11.9 Å². The molecule has 6 nitrogen and oxygen atoms in total. The molecule has 0 radical (unpaired) electrons. The predicted octanol–water partition coefficient (Wildman–Crippen LogP) is 3.90. The summed E-state index contributed by atoms with van der Waals surface area (Å²) in [5.74, 6) is 0.955. The van der Waals surface area contributed by atoms with Crippen LogP contribution in [0, 0.1) is 5.82 Å². The molecule has 0 unspecified atom stereocenters. The van der Waals surface area contributed by atoms with E-state index in [1.807, 2.05) is 7.05 Å². The minimum Gasteiger partial charge on any atom is -0.487 e. The average Bonchev–Trinajstić information content (AvgIpc) is 2.72. The van der Waals surface area contributed by atoms with Gasteiger partial charge in [-0.25, -0.2) is 9.18 Å². The van der Waals surface area contributed by atoms with Gasteiger partial charge in [0.2, 0.25) is 5.88 Å². The van der Waals surface area contributed by atoms with Gasteiger partial charge in [-0.3, -0.25) is 4.57 Å². The molecule has 0 bridgehead atoms. The molecule has 1 aromatic heterocycles. The Bertz CT molecular complexity index is 924. The summed E-state index contributed by atoms with van der Waals surface area (Å²) in [4.78, 5) is 18.4. The van der Waals surface area contributed by atoms with E-state index in [0.717, 1.165) is 37.9 Å². The van der Waals surface area contributed by atoms with Crippen molar-refractivity contribution in [1.29, 1.82) is 0 Å². The highest BCUT2D eigenvalue weighted by Gasteiger charge is 2.22. The molecule has 0 amide bonds. The lowest BCUT2D eigenvalue weighted by Gasteiger charge is -2.34. The first-order valence-electron chi connectivity index (χ1n) is 10.4. The van der Waals surface area contributed by atoms with Crippen LogP contribution in [0.1, 0.15) is 51.0 Å². The van der Waals surface area contributed by atoms with Crippen LogP contribution in [0.5, 0.6) is 11.6 Å². The number of benzene rings is 1. The number of nitrogens with zero attached hydrogens (tertiary/aromatic N) is 3. The van der Waals surface area contributed by atoms with Gasteiger partial charge < -0.3 is 14.4 Å². The Kier molecular flexibility index (Phi) is 5.74. The maximum atomic E-state index is 14.5. The van der Waals surface area contributed by atoms with Gasteiger partial charge in [-0.15, -0.1) is 0 Å². The Morgan fingerprint density at radius 3 is 2.72 bits per heavy atom. The van der Waals surface area contributed by atoms with E-state index in [1.165, 1.54) is 12.5 Å². The molecule has 1 aromatic carbocycles. The molecule has 4 rings (SSSR count). The first kappa shape index (κ1) is 19.7. The van der Waals surface area contributed by atoms with Gasteiger partial charge in [0.25, 0.3) is 0 Å². The minimum absolute atomic E-state index is 0.104. The van der Waals surface area contributed by atoms with Crippen molar-refractivity contribution in [2.24, 2.45) is 0 Å². The second-order valence-electron chi connectivity index (χ2n) is 8.07. The van der Waals surface area contributed by atoms with Crippen molar-refractivity contribution in [3.63, 3.8) is 0 Å². The van der Waals surface area contributed by atoms with Gasteiger partial charge >= 0.3 is 5.69 Å². The molecular weight excluding hydrogens is 373 g/mol. The van der Waals surface area contributed by atoms with Gasteiger partial charge in [-0.1, -0.05) is 12.5 Å². The largest absolute Gasteiger partial charge is 0.487 e. The van der Waals surface area contributed by atoms with E-state index < -0.39 is 0 Å². The lowest BCUT2D eigenvalue weighted by molar-refractivity contribution is 0.148. The maximum Gasteiger partial charge on any atom is 0.352 e. The van der Waals surface area contributed by atoms with Gasteiger partial charge in [-0.05, 0) is 56.7 Å². The summed E-state index contributed by atoms with van der Waals surface area (Å²) in [6.07, 6.45) is 6.48. The van der Waals surface area contributed by atoms with Crippen LogP contribution in [0.3, 0.4) is 0 Å². The summed E-state index contributed by atoms with van der Waals surface area (Å²) in [5, 5.41) is 0. The fourth-order valence-electron chi connectivity index (χ4n) is 4.03. The van der Waals surface area contributed by atoms with Crippen molar-refractivity contribution in [1.82, 2.24) is 9.55 Å². The summed E-state index contributed by atoms with van der Waals surface area (Å²) in [7, 11) is 1.96. The fourth-order valence-corrected chi connectivity index (χ4v) is 4.03. The maximum absolute atomic E-state index is 14.5. The molecule has 1 saturated carbocycles. The monoisotopic (exact) mass is 401 g/mol. The lowest BCUT2D eigenvalue weighted by atomic mass is 9.98. The Labute approximate surface area is 170 Å². The Morgan fingerprint density at radius 2 is 1.97 bits per heavy atom. The number of hydrogen-bond acceptors (Lipinski definition) is 5. The summed E-state index contributed by atoms with van der Waals surface area (Å²) in [6, 6.07) is 7.00. The Hall–Kier alpha value is -2.57. The first-order chi connectivity index (χ1) is 14.0. The van der Waals surface area contributed by atoms with E-state index in [4.69, 9.17) is 9.47 Å². The predicted molar refractivity (Wildman–Crippen MR) is 109 cm³/mol. The summed E-state index contributed by atoms with van der Waals surface area (Å²) >= 11 is 0. The van der Waals surface area contributed by atoms with Gasteiger partial charge in [0.15, 0.2) is 11.6 Å². The van der Waals surface area contributed by atoms with Crippen LogP contribution in [0.2, 0.25) is 0 Å². The molecule has 1 aliphatic heterocycles. The first-order valence-corrected chi connectivity index (χ1v) is 10.4. The van der Waals surface area contributed by atoms with Crippen LogP contribution in [-0.2, 0) is 13.2 Å². The molecule has 0 saturated heterocycles. The average molecular weight is 401 g/mol. The lowest BCUT2D eigenvalue weighted by Crippen LogP contribution is -2.41. The number of hydrogen-bond donors (Lipinski definition) is 0. The second-order valence-corrected chi connectivity index (χ2v) is 8.07. The third-order valence-electron chi connectivity index (χ3n) is 5.99. The van der Waals surface area contributed by atoms with Crippen molar-refractivity contribution < 1.29 is 13.9 Å². The molecule has 156 valence electrons. The number of rotatable bonds is 5. The van der Waals surface area contributed by atoms with Crippen LogP contribution in [0.15, 0.2) is 29.1 Å². The number of aromatic nitrogens is 2. The molecule has 2 aliphatic rings. The quantitative estimate of drug-likeness (QED) is 0.761. The number of fused-ring (bicyclic) bond motifs is 1. The third kappa shape index (κ3) is 4.38.